The number of phenolic OH excluding ortho intramolecular Hbond substituents is 1. The first-order chi connectivity index (χ1) is 11.9. The van der Waals surface area contributed by atoms with Crippen molar-refractivity contribution in [3.63, 3.8) is 0 Å². The maximum absolute atomic E-state index is 11.9. The molecule has 0 aliphatic carbocycles. The lowest BCUT2D eigenvalue weighted by Gasteiger charge is -2.07. The molecule has 0 heterocycles. The van der Waals surface area contributed by atoms with Crippen molar-refractivity contribution >= 4 is 23.7 Å². The van der Waals surface area contributed by atoms with Gasteiger partial charge in [-0.3, -0.25) is 9.59 Å². The van der Waals surface area contributed by atoms with E-state index in [0.717, 1.165) is 11.1 Å². The van der Waals surface area contributed by atoms with Gasteiger partial charge in [0.15, 0.2) is 11.5 Å². The maximum Gasteiger partial charge on any atom is 0.329 e. The van der Waals surface area contributed by atoms with E-state index in [1.807, 2.05) is 19.9 Å². The van der Waals surface area contributed by atoms with Crippen molar-refractivity contribution in [2.75, 3.05) is 12.4 Å². The summed E-state index contributed by atoms with van der Waals surface area (Å²) in [5, 5.41) is 16.1. The Morgan fingerprint density at radius 3 is 2.56 bits per heavy atom. The molecule has 25 heavy (non-hydrogen) atoms. The number of carbonyl (C=O) groups excluding carboxylic acids is 2. The number of rotatable bonds is 4. The van der Waals surface area contributed by atoms with Crippen LogP contribution in [0.15, 0.2) is 41.5 Å². The highest BCUT2D eigenvalue weighted by molar-refractivity contribution is 6.39. The minimum Gasteiger partial charge on any atom is -0.504 e. The topological polar surface area (TPSA) is 100 Å². The van der Waals surface area contributed by atoms with Gasteiger partial charge in [-0.05, 0) is 49.2 Å². The highest BCUT2D eigenvalue weighted by Gasteiger charge is 2.13. The Bertz CT molecular complexity index is 831. The Morgan fingerprint density at radius 1 is 1.12 bits per heavy atom. The summed E-state index contributed by atoms with van der Waals surface area (Å²) in [5.41, 5.74) is 5.07. The number of carbonyl (C=O) groups is 2. The number of benzene rings is 2. The van der Waals surface area contributed by atoms with Gasteiger partial charge in [0.05, 0.1) is 13.3 Å². The third kappa shape index (κ3) is 4.57. The predicted octanol–water partition coefficient (Wildman–Crippen LogP) is 2.11. The molecule has 0 bridgehead atoms. The number of nitrogens with zero attached hydrogens (tertiary/aromatic N) is 1. The van der Waals surface area contributed by atoms with Crippen LogP contribution in [0.2, 0.25) is 0 Å². The molecular formula is C18H19N3O4. The summed E-state index contributed by atoms with van der Waals surface area (Å²) < 4.78 is 4.97. The molecular weight excluding hydrogens is 322 g/mol. The third-order valence-corrected chi connectivity index (χ3v) is 3.59. The molecule has 0 spiro atoms. The van der Waals surface area contributed by atoms with Crippen molar-refractivity contribution in [3.05, 3.63) is 53.1 Å². The van der Waals surface area contributed by atoms with Gasteiger partial charge in [0.1, 0.15) is 0 Å². The van der Waals surface area contributed by atoms with Gasteiger partial charge in [0, 0.05) is 11.3 Å². The number of hydrogen-bond acceptors (Lipinski definition) is 5. The Balaban J connectivity index is 1.97. The second kappa shape index (κ2) is 7.96. The number of hydrogen-bond donors (Lipinski definition) is 3. The fourth-order valence-corrected chi connectivity index (χ4v) is 2.03. The number of hydrazone groups is 1. The monoisotopic (exact) mass is 341 g/mol. The molecule has 7 nitrogen and oxygen atoms in total. The van der Waals surface area contributed by atoms with E-state index in [1.165, 1.54) is 13.3 Å². The van der Waals surface area contributed by atoms with E-state index in [1.54, 1.807) is 30.3 Å². The molecule has 0 aliphatic rings. The number of amides is 2. The lowest BCUT2D eigenvalue weighted by atomic mass is 10.1. The zero-order chi connectivity index (χ0) is 18.4. The van der Waals surface area contributed by atoms with Crippen LogP contribution in [0, 0.1) is 13.8 Å². The summed E-state index contributed by atoms with van der Waals surface area (Å²) in [6.45, 7) is 3.87. The van der Waals surface area contributed by atoms with Crippen LogP contribution >= 0.6 is 0 Å². The van der Waals surface area contributed by atoms with Gasteiger partial charge in [-0.15, -0.1) is 0 Å². The smallest absolute Gasteiger partial charge is 0.329 e. The lowest BCUT2D eigenvalue weighted by molar-refractivity contribution is -0.136. The van der Waals surface area contributed by atoms with Crippen molar-refractivity contribution in [1.82, 2.24) is 5.43 Å². The van der Waals surface area contributed by atoms with Crippen LogP contribution in [0.1, 0.15) is 16.7 Å². The Morgan fingerprint density at radius 2 is 1.88 bits per heavy atom. The van der Waals surface area contributed by atoms with E-state index in [0.29, 0.717) is 11.3 Å². The quantitative estimate of drug-likeness (QED) is 0.450. The molecule has 7 heteroatoms. The molecule has 2 rings (SSSR count). The van der Waals surface area contributed by atoms with Crippen LogP contribution in [0.5, 0.6) is 11.5 Å². The van der Waals surface area contributed by atoms with Crippen LogP contribution in [-0.4, -0.2) is 30.2 Å². The fourth-order valence-electron chi connectivity index (χ4n) is 2.03. The molecule has 130 valence electrons. The average molecular weight is 341 g/mol. The van der Waals surface area contributed by atoms with Crippen LogP contribution in [-0.2, 0) is 9.59 Å². The number of phenols is 1. The first kappa shape index (κ1) is 18.0. The fraction of sp³-hybridized carbons (Fsp3) is 0.167. The van der Waals surface area contributed by atoms with E-state index in [2.05, 4.69) is 15.8 Å². The van der Waals surface area contributed by atoms with Gasteiger partial charge in [-0.1, -0.05) is 12.1 Å². The van der Waals surface area contributed by atoms with E-state index < -0.39 is 11.8 Å². The molecule has 3 N–H and O–H groups in total. The molecule has 0 fully saturated rings. The molecule has 0 atom stereocenters. The van der Waals surface area contributed by atoms with Crippen molar-refractivity contribution in [2.45, 2.75) is 13.8 Å². The standard InChI is InChI=1S/C18H19N3O4/c1-11-7-8-14(9-12(11)2)20-17(23)18(24)21-19-10-13-5-4-6-15(25-3)16(13)22/h4-10,22H,1-3H3,(H,20,23)(H,21,24)/b19-10+. The van der Waals surface area contributed by atoms with Crippen LogP contribution < -0.4 is 15.5 Å². The number of anilines is 1. The Labute approximate surface area is 145 Å². The van der Waals surface area contributed by atoms with Gasteiger partial charge in [-0.25, -0.2) is 5.43 Å². The average Bonchev–Trinajstić information content (AvgIpc) is 2.59. The van der Waals surface area contributed by atoms with Crippen molar-refractivity contribution in [1.29, 1.82) is 0 Å². The summed E-state index contributed by atoms with van der Waals surface area (Å²) in [6, 6.07) is 10.2. The molecule has 2 amide bonds. The molecule has 0 aliphatic heterocycles. The molecule has 0 aromatic heterocycles. The maximum atomic E-state index is 11.9. The number of ether oxygens (including phenoxy) is 1. The highest BCUT2D eigenvalue weighted by Crippen LogP contribution is 2.27. The summed E-state index contributed by atoms with van der Waals surface area (Å²) in [7, 11) is 1.43. The second-order valence-corrected chi connectivity index (χ2v) is 5.35. The third-order valence-electron chi connectivity index (χ3n) is 3.59. The molecule has 0 radical (unpaired) electrons. The van der Waals surface area contributed by atoms with E-state index >= 15 is 0 Å². The zero-order valence-corrected chi connectivity index (χ0v) is 14.2. The largest absolute Gasteiger partial charge is 0.504 e. The van der Waals surface area contributed by atoms with Gasteiger partial charge in [-0.2, -0.15) is 5.10 Å². The summed E-state index contributed by atoms with van der Waals surface area (Å²) in [5.74, 6) is -1.59. The lowest BCUT2D eigenvalue weighted by Crippen LogP contribution is -2.32. The van der Waals surface area contributed by atoms with Gasteiger partial charge >= 0.3 is 11.8 Å². The van der Waals surface area contributed by atoms with Gasteiger partial charge < -0.3 is 15.2 Å². The Kier molecular flexibility index (Phi) is 5.73. The minimum atomic E-state index is -0.920. The number of aryl methyl sites for hydroxylation is 2. The summed E-state index contributed by atoms with van der Waals surface area (Å²) in [4.78, 5) is 23.6. The van der Waals surface area contributed by atoms with Crippen molar-refractivity contribution in [3.8, 4) is 11.5 Å². The normalized spacial score (nSPS) is 10.5. The van der Waals surface area contributed by atoms with Crippen molar-refractivity contribution < 1.29 is 19.4 Å². The molecule has 0 unspecified atom stereocenters. The van der Waals surface area contributed by atoms with E-state index in [9.17, 15) is 14.7 Å². The van der Waals surface area contributed by atoms with Crippen LogP contribution in [0.25, 0.3) is 0 Å². The molecule has 2 aromatic rings. The number of aromatic hydroxyl groups is 1. The highest BCUT2D eigenvalue weighted by atomic mass is 16.5. The molecule has 0 saturated heterocycles. The first-order valence-corrected chi connectivity index (χ1v) is 7.50. The SMILES string of the molecule is COc1cccc(/C=N/NC(=O)C(=O)Nc2ccc(C)c(C)c2)c1O. The molecule has 2 aromatic carbocycles. The van der Waals surface area contributed by atoms with Crippen LogP contribution in [0.3, 0.4) is 0 Å². The number of methoxy groups -OCH3 is 1. The van der Waals surface area contributed by atoms with E-state index in [4.69, 9.17) is 4.74 Å². The minimum absolute atomic E-state index is 0.109. The number of para-hydroxylation sites is 1. The Hall–Kier alpha value is -3.35. The molecule has 0 saturated carbocycles. The van der Waals surface area contributed by atoms with Gasteiger partial charge in [0.25, 0.3) is 0 Å². The predicted molar refractivity (Wildman–Crippen MR) is 94.9 cm³/mol. The summed E-state index contributed by atoms with van der Waals surface area (Å²) >= 11 is 0. The zero-order valence-electron chi connectivity index (χ0n) is 14.2. The van der Waals surface area contributed by atoms with Gasteiger partial charge in [0.2, 0.25) is 0 Å². The van der Waals surface area contributed by atoms with E-state index in [-0.39, 0.29) is 11.5 Å². The number of nitrogens with one attached hydrogen (secondary N) is 2. The van der Waals surface area contributed by atoms with Crippen LogP contribution in [0.4, 0.5) is 5.69 Å². The first-order valence-electron chi connectivity index (χ1n) is 7.50. The summed E-state index contributed by atoms with van der Waals surface area (Å²) in [6.07, 6.45) is 1.22. The second-order valence-electron chi connectivity index (χ2n) is 5.35. The van der Waals surface area contributed by atoms with Crippen molar-refractivity contribution in [2.24, 2.45) is 5.10 Å².